The van der Waals surface area contributed by atoms with Gasteiger partial charge in [0.1, 0.15) is 5.60 Å². The number of carboxylic acid groups (broad SMARTS) is 2. The fourth-order valence-electron chi connectivity index (χ4n) is 6.43. The fraction of sp³-hybridized carbons (Fsp3) is 0.900. The van der Waals surface area contributed by atoms with Gasteiger partial charge in [0.15, 0.2) is 0 Å². The van der Waals surface area contributed by atoms with E-state index in [-0.39, 0.29) is 24.8 Å². The van der Waals surface area contributed by atoms with Crippen LogP contribution < -0.4 is 0 Å². The smallest absolute Gasteiger partial charge is 0.306 e. The molecule has 0 spiro atoms. The minimum Gasteiger partial charge on any atom is -0.481 e. The van der Waals surface area contributed by atoms with Crippen molar-refractivity contribution >= 4 is 23.9 Å². The lowest BCUT2D eigenvalue weighted by Crippen LogP contribution is -2.36. The summed E-state index contributed by atoms with van der Waals surface area (Å²) >= 11 is 0. The molecule has 0 radical (unpaired) electrons. The maximum atomic E-state index is 13.2. The minimum absolute atomic E-state index is 0.137. The predicted octanol–water partition coefficient (Wildman–Crippen LogP) is 11.5. The largest absolute Gasteiger partial charge is 0.481 e. The highest BCUT2D eigenvalue weighted by molar-refractivity contribution is 5.70. The third kappa shape index (κ3) is 31.2. The summed E-state index contributed by atoms with van der Waals surface area (Å²) in [4.78, 5) is 47.3. The molecule has 0 aliphatic heterocycles. The molecule has 0 aromatic heterocycles. The number of esters is 2. The van der Waals surface area contributed by atoms with Crippen LogP contribution in [0.4, 0.5) is 0 Å². The van der Waals surface area contributed by atoms with E-state index >= 15 is 0 Å². The Hall–Kier alpha value is -2.12. The zero-order valence-electron chi connectivity index (χ0n) is 31.2. The lowest BCUT2D eigenvalue weighted by molar-refractivity contribution is -0.164. The van der Waals surface area contributed by atoms with E-state index in [4.69, 9.17) is 19.7 Å². The van der Waals surface area contributed by atoms with Crippen LogP contribution >= 0.6 is 0 Å². The summed E-state index contributed by atoms with van der Waals surface area (Å²) in [6, 6.07) is 0. The normalized spacial score (nSPS) is 11.5. The molecule has 0 aliphatic carbocycles. The quantitative estimate of drug-likeness (QED) is 0.0489. The van der Waals surface area contributed by atoms with Gasteiger partial charge in [0.05, 0.1) is 6.61 Å². The van der Waals surface area contributed by atoms with Gasteiger partial charge >= 0.3 is 23.9 Å². The van der Waals surface area contributed by atoms with Crippen molar-refractivity contribution in [1.29, 1.82) is 0 Å². The first-order chi connectivity index (χ1) is 23.2. The lowest BCUT2D eigenvalue weighted by Gasteiger charge is -2.34. The van der Waals surface area contributed by atoms with Crippen LogP contribution in [-0.2, 0) is 28.7 Å². The van der Waals surface area contributed by atoms with Crippen LogP contribution in [0.2, 0.25) is 0 Å². The third-order valence-corrected chi connectivity index (χ3v) is 9.39. The Labute approximate surface area is 293 Å². The van der Waals surface area contributed by atoms with Crippen molar-refractivity contribution in [3.05, 3.63) is 0 Å². The molecular formula is C40H74O8. The molecule has 48 heavy (non-hydrogen) atoms. The molecular weight excluding hydrogens is 608 g/mol. The van der Waals surface area contributed by atoms with Crippen molar-refractivity contribution in [2.24, 2.45) is 0 Å². The van der Waals surface area contributed by atoms with Crippen molar-refractivity contribution in [3.63, 3.8) is 0 Å². The van der Waals surface area contributed by atoms with E-state index in [2.05, 4.69) is 13.8 Å². The number of carboxylic acids is 2. The van der Waals surface area contributed by atoms with Gasteiger partial charge in [0.25, 0.3) is 0 Å². The van der Waals surface area contributed by atoms with Crippen molar-refractivity contribution in [3.8, 4) is 0 Å². The highest BCUT2D eigenvalue weighted by Gasteiger charge is 2.33. The highest BCUT2D eigenvalue weighted by atomic mass is 16.6. The topological polar surface area (TPSA) is 127 Å². The van der Waals surface area contributed by atoms with Crippen LogP contribution in [0.25, 0.3) is 0 Å². The molecule has 8 nitrogen and oxygen atoms in total. The predicted molar refractivity (Wildman–Crippen MR) is 194 cm³/mol. The van der Waals surface area contributed by atoms with Gasteiger partial charge in [0, 0.05) is 25.7 Å². The van der Waals surface area contributed by atoms with Crippen LogP contribution in [0.3, 0.4) is 0 Å². The molecule has 0 aliphatic rings. The molecule has 0 atom stereocenters. The molecule has 0 heterocycles. The van der Waals surface area contributed by atoms with E-state index < -0.39 is 17.5 Å². The lowest BCUT2D eigenvalue weighted by atomic mass is 9.85. The average molecular weight is 683 g/mol. The Morgan fingerprint density at radius 3 is 1.17 bits per heavy atom. The van der Waals surface area contributed by atoms with E-state index in [0.29, 0.717) is 45.1 Å². The van der Waals surface area contributed by atoms with Gasteiger partial charge < -0.3 is 19.7 Å². The number of carbonyl (C=O) groups excluding carboxylic acids is 2. The van der Waals surface area contributed by atoms with E-state index in [1.54, 1.807) is 0 Å². The maximum absolute atomic E-state index is 13.2. The molecule has 0 aromatic carbocycles. The zero-order valence-corrected chi connectivity index (χ0v) is 31.2. The maximum Gasteiger partial charge on any atom is 0.306 e. The number of rotatable bonds is 37. The summed E-state index contributed by atoms with van der Waals surface area (Å²) in [7, 11) is 0. The highest BCUT2D eigenvalue weighted by Crippen LogP contribution is 2.33. The zero-order chi connectivity index (χ0) is 35.6. The second kappa shape index (κ2) is 33.4. The van der Waals surface area contributed by atoms with Crippen LogP contribution in [-0.4, -0.2) is 46.3 Å². The molecule has 282 valence electrons. The van der Waals surface area contributed by atoms with E-state index in [1.807, 2.05) is 0 Å². The van der Waals surface area contributed by atoms with Crippen molar-refractivity contribution in [2.75, 3.05) is 6.61 Å². The molecule has 2 N–H and O–H groups in total. The van der Waals surface area contributed by atoms with Crippen LogP contribution in [0.1, 0.15) is 219 Å². The number of unbranched alkanes of at least 4 members (excludes halogenated alkanes) is 20. The summed E-state index contributed by atoms with van der Waals surface area (Å²) in [6.07, 6.45) is 28.9. The molecule has 0 rings (SSSR count). The van der Waals surface area contributed by atoms with Gasteiger partial charge in [-0.1, -0.05) is 129 Å². The molecule has 0 saturated carbocycles. The Morgan fingerprint density at radius 1 is 0.417 bits per heavy atom. The van der Waals surface area contributed by atoms with Gasteiger partial charge in [-0.25, -0.2) is 0 Å². The summed E-state index contributed by atoms with van der Waals surface area (Å²) in [5.74, 6) is -1.80. The van der Waals surface area contributed by atoms with Crippen LogP contribution in [0.15, 0.2) is 0 Å². The molecule has 0 amide bonds. The molecule has 8 heteroatoms. The monoisotopic (exact) mass is 683 g/mol. The van der Waals surface area contributed by atoms with Gasteiger partial charge in [-0.15, -0.1) is 0 Å². The Morgan fingerprint density at radius 2 is 0.750 bits per heavy atom. The van der Waals surface area contributed by atoms with E-state index in [0.717, 1.165) is 96.3 Å². The molecule has 0 aromatic rings. The number of hydrogen-bond donors (Lipinski definition) is 2. The van der Waals surface area contributed by atoms with E-state index in [9.17, 15) is 19.2 Å². The van der Waals surface area contributed by atoms with Crippen molar-refractivity contribution in [1.82, 2.24) is 0 Å². The fourth-order valence-corrected chi connectivity index (χ4v) is 6.43. The Balaban J connectivity index is 5.14. The number of hydrogen-bond acceptors (Lipinski definition) is 6. The molecule has 0 bridgehead atoms. The van der Waals surface area contributed by atoms with E-state index in [1.165, 1.54) is 57.8 Å². The van der Waals surface area contributed by atoms with Crippen molar-refractivity contribution < 1.29 is 38.9 Å². The number of aliphatic carboxylic acids is 2. The summed E-state index contributed by atoms with van der Waals surface area (Å²) in [6.45, 7) is 4.75. The first kappa shape index (κ1) is 45.9. The van der Waals surface area contributed by atoms with Crippen molar-refractivity contribution in [2.45, 2.75) is 225 Å². The molecule has 0 unspecified atom stereocenters. The van der Waals surface area contributed by atoms with Gasteiger partial charge in [0.2, 0.25) is 0 Å². The first-order valence-electron chi connectivity index (χ1n) is 20.1. The first-order valence-corrected chi connectivity index (χ1v) is 20.1. The van der Waals surface area contributed by atoms with Crippen LogP contribution in [0.5, 0.6) is 0 Å². The second-order valence-corrected chi connectivity index (χ2v) is 14.0. The Bertz CT molecular complexity index is 768. The SMILES string of the molecule is CCCCCCCCCC(=O)OCCCC(CCCCCCCC(=O)O)(CCCCCCCC(=O)O)OC(=O)CCCCCCCCC. The van der Waals surface area contributed by atoms with Crippen LogP contribution in [0, 0.1) is 0 Å². The summed E-state index contributed by atoms with van der Waals surface area (Å²) in [5, 5.41) is 17.9. The van der Waals surface area contributed by atoms with Gasteiger partial charge in [-0.2, -0.15) is 0 Å². The standard InChI is InChI=1S/C40H74O8/c1-3-5-7-9-11-17-23-30-38(45)47-35-27-34-40(32-25-19-13-15-21-28-36(41)42,33-26-20-14-16-22-29-37(43)44)48-39(46)31-24-18-12-10-8-6-4-2/h3-35H2,1-2H3,(H,41,42)(H,43,44). The van der Waals surface area contributed by atoms with Gasteiger partial charge in [-0.05, 0) is 64.2 Å². The third-order valence-electron chi connectivity index (χ3n) is 9.39. The van der Waals surface area contributed by atoms with Gasteiger partial charge in [-0.3, -0.25) is 19.2 Å². The Kier molecular flexibility index (Phi) is 31.9. The molecule has 0 saturated heterocycles. The number of carbonyl (C=O) groups is 4. The second-order valence-electron chi connectivity index (χ2n) is 14.0. The summed E-state index contributed by atoms with van der Waals surface area (Å²) < 4.78 is 12.0. The average Bonchev–Trinajstić information content (AvgIpc) is 3.04. The minimum atomic E-state index is -0.757. The number of ether oxygens (including phenoxy) is 2. The summed E-state index contributed by atoms with van der Waals surface area (Å²) in [5.41, 5.74) is -0.606. The molecule has 0 fully saturated rings.